The maximum Gasteiger partial charge on any atom is 0.0639 e. The van der Waals surface area contributed by atoms with Crippen LogP contribution in [-0.2, 0) is 4.74 Å². The molecule has 0 aliphatic heterocycles. The molecule has 1 rings (SSSR count). The lowest BCUT2D eigenvalue weighted by molar-refractivity contribution is 0.141. The summed E-state index contributed by atoms with van der Waals surface area (Å²) >= 11 is 8.15. The Bertz CT molecular complexity index is 320. The highest BCUT2D eigenvalue weighted by Crippen LogP contribution is 2.21. The molecule has 90 valence electrons. The van der Waals surface area contributed by atoms with Gasteiger partial charge in [-0.2, -0.15) is 0 Å². The fourth-order valence-electron chi connectivity index (χ4n) is 1.24. The van der Waals surface area contributed by atoms with Crippen LogP contribution in [0, 0.1) is 3.57 Å². The van der Waals surface area contributed by atoms with E-state index >= 15 is 0 Å². The summed E-state index contributed by atoms with van der Waals surface area (Å²) in [5.41, 5.74) is 1.11. The number of nitrogens with one attached hydrogen (secondary N) is 1. The first kappa shape index (κ1) is 14.1. The summed E-state index contributed by atoms with van der Waals surface area (Å²) in [7, 11) is 0. The van der Waals surface area contributed by atoms with Crippen LogP contribution in [0.25, 0.3) is 0 Å². The molecule has 0 unspecified atom stereocenters. The van der Waals surface area contributed by atoms with Crippen LogP contribution < -0.4 is 5.32 Å². The van der Waals surface area contributed by atoms with Gasteiger partial charge in [-0.3, -0.25) is 0 Å². The highest BCUT2D eigenvalue weighted by Gasteiger charge is 1.99. The monoisotopic (exact) mass is 353 g/mol. The number of hydrogen-bond donors (Lipinski definition) is 1. The lowest BCUT2D eigenvalue weighted by Crippen LogP contribution is -2.10. The van der Waals surface area contributed by atoms with Crippen molar-refractivity contribution in [3.8, 4) is 0 Å². The van der Waals surface area contributed by atoms with Crippen LogP contribution in [0.5, 0.6) is 0 Å². The molecule has 0 amide bonds. The first-order valence-electron chi connectivity index (χ1n) is 5.50. The fourth-order valence-corrected chi connectivity index (χ4v) is 2.30. The van der Waals surface area contributed by atoms with Gasteiger partial charge in [0.15, 0.2) is 0 Å². The van der Waals surface area contributed by atoms with Crippen LogP contribution in [0.1, 0.15) is 19.8 Å². The summed E-state index contributed by atoms with van der Waals surface area (Å²) < 4.78 is 6.61. The van der Waals surface area contributed by atoms with Gasteiger partial charge in [0.1, 0.15) is 0 Å². The van der Waals surface area contributed by atoms with E-state index in [0.717, 1.165) is 40.5 Å². The molecule has 0 saturated carbocycles. The normalized spacial score (nSPS) is 10.4. The molecule has 4 heteroatoms. The first-order chi connectivity index (χ1) is 7.74. The highest BCUT2D eigenvalue weighted by molar-refractivity contribution is 14.1. The van der Waals surface area contributed by atoms with Crippen molar-refractivity contribution in [2.24, 2.45) is 0 Å². The van der Waals surface area contributed by atoms with Crippen LogP contribution >= 0.6 is 34.2 Å². The number of rotatable bonds is 7. The second-order valence-corrected chi connectivity index (χ2v) is 5.12. The van der Waals surface area contributed by atoms with E-state index < -0.39 is 0 Å². The maximum atomic E-state index is 5.88. The van der Waals surface area contributed by atoms with Crippen LogP contribution in [0.2, 0.25) is 5.02 Å². The van der Waals surface area contributed by atoms with Crippen molar-refractivity contribution in [1.29, 1.82) is 0 Å². The number of halogens is 2. The van der Waals surface area contributed by atoms with Crippen molar-refractivity contribution < 1.29 is 4.74 Å². The molecule has 1 N–H and O–H groups in total. The van der Waals surface area contributed by atoms with Crippen molar-refractivity contribution in [3.63, 3.8) is 0 Å². The summed E-state index contributed by atoms with van der Waals surface area (Å²) in [6.07, 6.45) is 2.32. The quantitative estimate of drug-likeness (QED) is 0.587. The number of benzene rings is 1. The van der Waals surface area contributed by atoms with Gasteiger partial charge in [0, 0.05) is 27.4 Å². The zero-order valence-corrected chi connectivity index (χ0v) is 12.3. The Hall–Kier alpha value is -0.000000000000000111. The highest BCUT2D eigenvalue weighted by atomic mass is 127. The molecule has 16 heavy (non-hydrogen) atoms. The van der Waals surface area contributed by atoms with Gasteiger partial charge in [-0.1, -0.05) is 24.9 Å². The lowest BCUT2D eigenvalue weighted by Gasteiger charge is -2.09. The number of anilines is 1. The third kappa shape index (κ3) is 5.37. The summed E-state index contributed by atoms with van der Waals surface area (Å²) in [6.45, 7) is 4.60. The molecule has 0 saturated heterocycles. The third-order valence-electron chi connectivity index (χ3n) is 2.14. The summed E-state index contributed by atoms with van der Waals surface area (Å²) in [6, 6.07) is 5.84. The Morgan fingerprint density at radius 3 is 2.88 bits per heavy atom. The summed E-state index contributed by atoms with van der Waals surface area (Å²) in [5.74, 6) is 0. The minimum atomic E-state index is 0.749. The van der Waals surface area contributed by atoms with Crippen LogP contribution in [0.4, 0.5) is 5.69 Å². The van der Waals surface area contributed by atoms with Gasteiger partial charge in [0.2, 0.25) is 0 Å². The van der Waals surface area contributed by atoms with Crippen molar-refractivity contribution in [3.05, 3.63) is 26.8 Å². The van der Waals surface area contributed by atoms with E-state index in [2.05, 4.69) is 34.8 Å². The van der Waals surface area contributed by atoms with Gasteiger partial charge < -0.3 is 10.1 Å². The van der Waals surface area contributed by atoms with E-state index in [1.165, 1.54) is 6.42 Å². The maximum absolute atomic E-state index is 5.88. The molecule has 0 heterocycles. The average Bonchev–Trinajstić information content (AvgIpc) is 2.26. The Balaban J connectivity index is 2.21. The standard InChI is InChI=1S/C12H17ClINO/c1-2-3-7-16-8-6-15-12-5-4-10(13)9-11(12)14/h4-5,9,15H,2-3,6-8H2,1H3. The molecule has 0 bridgehead atoms. The molecule has 1 aromatic rings. The van der Waals surface area contributed by atoms with E-state index in [9.17, 15) is 0 Å². The fraction of sp³-hybridized carbons (Fsp3) is 0.500. The van der Waals surface area contributed by atoms with Gasteiger partial charge in [-0.25, -0.2) is 0 Å². The van der Waals surface area contributed by atoms with Gasteiger partial charge >= 0.3 is 0 Å². The van der Waals surface area contributed by atoms with Crippen molar-refractivity contribution in [2.75, 3.05) is 25.1 Å². The number of hydrogen-bond acceptors (Lipinski definition) is 2. The largest absolute Gasteiger partial charge is 0.382 e. The van der Waals surface area contributed by atoms with E-state index in [-0.39, 0.29) is 0 Å². The van der Waals surface area contributed by atoms with Crippen LogP contribution in [0.3, 0.4) is 0 Å². The zero-order valence-electron chi connectivity index (χ0n) is 9.43. The van der Waals surface area contributed by atoms with Crippen LogP contribution in [0.15, 0.2) is 18.2 Å². The molecular weight excluding hydrogens is 336 g/mol. The zero-order chi connectivity index (χ0) is 11.8. The Labute approximate surface area is 116 Å². The smallest absolute Gasteiger partial charge is 0.0639 e. The minimum Gasteiger partial charge on any atom is -0.382 e. The number of ether oxygens (including phenoxy) is 1. The topological polar surface area (TPSA) is 21.3 Å². The van der Waals surface area contributed by atoms with Crippen LogP contribution in [-0.4, -0.2) is 19.8 Å². The molecule has 2 nitrogen and oxygen atoms in total. The lowest BCUT2D eigenvalue weighted by atomic mass is 10.3. The van der Waals surface area contributed by atoms with E-state index in [4.69, 9.17) is 16.3 Å². The Morgan fingerprint density at radius 1 is 1.38 bits per heavy atom. The van der Waals surface area contributed by atoms with Gasteiger partial charge in [0.25, 0.3) is 0 Å². The third-order valence-corrected chi connectivity index (χ3v) is 3.26. The molecular formula is C12H17ClINO. The van der Waals surface area contributed by atoms with Gasteiger partial charge in [-0.05, 0) is 47.2 Å². The first-order valence-corrected chi connectivity index (χ1v) is 6.96. The molecule has 0 aliphatic rings. The molecule has 0 atom stereocenters. The molecule has 0 aliphatic carbocycles. The Kier molecular flexibility index (Phi) is 7.16. The predicted octanol–water partition coefficient (Wildman–Crippen LogP) is 4.17. The molecule has 0 aromatic heterocycles. The minimum absolute atomic E-state index is 0.749. The predicted molar refractivity (Wildman–Crippen MR) is 78.4 cm³/mol. The number of unbranched alkanes of at least 4 members (excludes halogenated alkanes) is 1. The average molecular weight is 354 g/mol. The van der Waals surface area contributed by atoms with Gasteiger partial charge in [0.05, 0.1) is 6.61 Å². The van der Waals surface area contributed by atoms with Crippen molar-refractivity contribution in [1.82, 2.24) is 0 Å². The molecule has 0 spiro atoms. The molecule has 0 radical (unpaired) electrons. The van der Waals surface area contributed by atoms with E-state index in [0.29, 0.717) is 0 Å². The van der Waals surface area contributed by atoms with E-state index in [1.807, 2.05) is 18.2 Å². The molecule has 1 aromatic carbocycles. The van der Waals surface area contributed by atoms with E-state index in [1.54, 1.807) is 0 Å². The Morgan fingerprint density at radius 2 is 2.19 bits per heavy atom. The second-order valence-electron chi connectivity index (χ2n) is 3.52. The van der Waals surface area contributed by atoms with Crippen molar-refractivity contribution in [2.45, 2.75) is 19.8 Å². The second kappa shape index (κ2) is 8.14. The van der Waals surface area contributed by atoms with Crippen molar-refractivity contribution >= 4 is 39.9 Å². The molecule has 0 fully saturated rings. The summed E-state index contributed by atoms with van der Waals surface area (Å²) in [5, 5.41) is 4.10. The summed E-state index contributed by atoms with van der Waals surface area (Å²) in [4.78, 5) is 0. The van der Waals surface area contributed by atoms with Gasteiger partial charge in [-0.15, -0.1) is 0 Å². The SMILES string of the molecule is CCCCOCCNc1ccc(Cl)cc1I.